The Balaban J connectivity index is 0.000000221. The number of rotatable bonds is 8. The molecule has 2 bridgehead atoms. The molecule has 2 aliphatic rings. The molecule has 0 spiro atoms. The molecule has 3 aromatic rings. The van der Waals surface area contributed by atoms with E-state index >= 15 is 0 Å². The number of benzene rings is 3. The summed E-state index contributed by atoms with van der Waals surface area (Å²) in [5.41, 5.74) is -0.313. The fourth-order valence-corrected chi connectivity index (χ4v) is 9.33. The summed E-state index contributed by atoms with van der Waals surface area (Å²) in [6, 6.07) is 32.2. The number of hydrogen-bond acceptors (Lipinski definition) is 5. The van der Waals surface area contributed by atoms with Crippen LogP contribution in [0.5, 0.6) is 0 Å². The molecule has 12 heteroatoms. The topological polar surface area (TPSA) is 83.5 Å². The predicted octanol–water partition coefficient (Wildman–Crippen LogP) is 8.62. The summed E-state index contributed by atoms with van der Waals surface area (Å²) in [6.45, 7) is 3.93. The lowest BCUT2D eigenvalue weighted by molar-refractivity contribution is -0.261. The minimum absolute atomic E-state index is 0.0146. The molecule has 0 amide bonds. The average molecular weight is 685 g/mol. The van der Waals surface area contributed by atoms with Crippen LogP contribution in [-0.2, 0) is 30.5 Å². The van der Waals surface area contributed by atoms with E-state index in [4.69, 9.17) is 0 Å². The zero-order chi connectivity index (χ0) is 33.8. The van der Waals surface area contributed by atoms with E-state index in [1.54, 1.807) is 0 Å². The third-order valence-corrected chi connectivity index (χ3v) is 11.7. The maximum atomic E-state index is 13.5. The molecule has 0 aliphatic heterocycles. The van der Waals surface area contributed by atoms with Gasteiger partial charge in [0, 0.05) is 0 Å². The van der Waals surface area contributed by atoms with E-state index in [1.165, 1.54) is 14.7 Å². The second kappa shape index (κ2) is 14.4. The number of fused-ring (bicyclic) bond motifs is 2. The fourth-order valence-electron chi connectivity index (χ4n) is 6.78. The molecule has 0 heterocycles. The van der Waals surface area contributed by atoms with Crippen LogP contribution in [0.1, 0.15) is 52.4 Å². The highest BCUT2D eigenvalue weighted by Crippen LogP contribution is 2.53. The van der Waals surface area contributed by atoms with Crippen LogP contribution in [-0.4, -0.2) is 36.5 Å². The number of carbonyl (C=O) groups excluding carboxylic acids is 1. The minimum Gasteiger partial charge on any atom is -0.743 e. The molecule has 0 aromatic heterocycles. The highest BCUT2D eigenvalue weighted by molar-refractivity contribution is 7.97. The van der Waals surface area contributed by atoms with Crippen molar-refractivity contribution >= 4 is 27.0 Å². The van der Waals surface area contributed by atoms with E-state index in [2.05, 4.69) is 95.7 Å². The lowest BCUT2D eigenvalue weighted by Crippen LogP contribution is -2.53. The zero-order valence-electron chi connectivity index (χ0n) is 25.5. The van der Waals surface area contributed by atoms with E-state index < -0.39 is 39.5 Å². The third kappa shape index (κ3) is 8.68. The monoisotopic (exact) mass is 684 g/mol. The van der Waals surface area contributed by atoms with Gasteiger partial charge in [0.05, 0.1) is 16.8 Å². The zero-order valence-corrected chi connectivity index (χ0v) is 27.1. The summed E-state index contributed by atoms with van der Waals surface area (Å²) >= 11 is 0. The Morgan fingerprint density at radius 3 is 1.67 bits per heavy atom. The van der Waals surface area contributed by atoms with E-state index in [1.807, 2.05) is 13.8 Å². The third-order valence-electron chi connectivity index (χ3n) is 8.60. The Labute approximate surface area is 269 Å². The van der Waals surface area contributed by atoms with Crippen LogP contribution in [0.25, 0.3) is 0 Å². The highest BCUT2D eigenvalue weighted by Gasteiger charge is 2.63. The van der Waals surface area contributed by atoms with Crippen LogP contribution in [0.3, 0.4) is 0 Å². The summed E-state index contributed by atoms with van der Waals surface area (Å²) in [6.07, 6.45) is -6.55. The van der Waals surface area contributed by atoms with Crippen molar-refractivity contribution in [2.24, 2.45) is 23.2 Å². The van der Waals surface area contributed by atoms with Gasteiger partial charge in [0.25, 0.3) is 6.10 Å². The largest absolute Gasteiger partial charge is 0.743 e. The van der Waals surface area contributed by atoms with Crippen LogP contribution >= 0.6 is 0 Å². The number of ether oxygens (including phenoxy) is 1. The molecule has 2 aliphatic carbocycles. The first kappa shape index (κ1) is 35.9. The van der Waals surface area contributed by atoms with Crippen LogP contribution < -0.4 is 0 Å². The Kier molecular flexibility index (Phi) is 11.3. The first-order valence-corrected chi connectivity index (χ1v) is 17.7. The summed E-state index contributed by atoms with van der Waals surface area (Å²) < 4.78 is 101. The first-order valence-electron chi connectivity index (χ1n) is 15.0. The second-order valence-corrected chi connectivity index (χ2v) is 15.8. The molecule has 3 aromatic carbocycles. The molecular weight excluding hydrogens is 647 g/mol. The van der Waals surface area contributed by atoms with Crippen molar-refractivity contribution in [3.05, 3.63) is 91.0 Å². The molecule has 46 heavy (non-hydrogen) atoms. The van der Waals surface area contributed by atoms with Crippen molar-refractivity contribution in [3.63, 3.8) is 0 Å². The van der Waals surface area contributed by atoms with Crippen molar-refractivity contribution in [2.45, 2.75) is 84.6 Å². The van der Waals surface area contributed by atoms with Crippen LogP contribution in [0.4, 0.5) is 22.0 Å². The molecule has 2 saturated carbocycles. The minimum atomic E-state index is -6.68. The van der Waals surface area contributed by atoms with Gasteiger partial charge >= 0.3 is 17.4 Å². The van der Waals surface area contributed by atoms with Crippen LogP contribution in [0.2, 0.25) is 0 Å². The van der Waals surface area contributed by atoms with E-state index in [0.29, 0.717) is 5.92 Å². The maximum Gasteiger partial charge on any atom is 0.432 e. The van der Waals surface area contributed by atoms with Gasteiger partial charge in [-0.15, -0.1) is 0 Å². The van der Waals surface area contributed by atoms with Gasteiger partial charge in [0.1, 0.15) is 0 Å². The molecule has 0 radical (unpaired) electrons. The Hall–Kier alpha value is -2.96. The quantitative estimate of drug-likeness (QED) is 0.103. The molecule has 2 fully saturated rings. The van der Waals surface area contributed by atoms with Gasteiger partial charge in [-0.05, 0) is 85.8 Å². The average Bonchev–Trinajstić information content (AvgIpc) is 2.99. The molecular formula is C34H37F5O5S2. The number of carbonyl (C=O) groups is 1. The van der Waals surface area contributed by atoms with Gasteiger partial charge in [-0.3, -0.25) is 4.79 Å². The van der Waals surface area contributed by atoms with Crippen molar-refractivity contribution in [2.75, 3.05) is 0 Å². The molecule has 0 saturated heterocycles. The van der Waals surface area contributed by atoms with Gasteiger partial charge in [0.15, 0.2) is 24.8 Å². The van der Waals surface area contributed by atoms with Gasteiger partial charge in [0.2, 0.25) is 0 Å². The summed E-state index contributed by atoms with van der Waals surface area (Å²) in [5.74, 6) is -2.08. The molecule has 5 unspecified atom stereocenters. The van der Waals surface area contributed by atoms with Crippen LogP contribution in [0.15, 0.2) is 106 Å². The Morgan fingerprint density at radius 1 is 0.848 bits per heavy atom. The molecule has 0 N–H and O–H groups in total. The van der Waals surface area contributed by atoms with E-state index in [0.717, 1.165) is 25.7 Å². The van der Waals surface area contributed by atoms with E-state index in [-0.39, 0.29) is 35.1 Å². The van der Waals surface area contributed by atoms with Crippen molar-refractivity contribution in [3.8, 4) is 0 Å². The second-order valence-electron chi connectivity index (χ2n) is 12.4. The smallest absolute Gasteiger partial charge is 0.432 e. The Morgan fingerprint density at radius 2 is 1.30 bits per heavy atom. The van der Waals surface area contributed by atoms with Crippen molar-refractivity contribution in [1.82, 2.24) is 0 Å². The van der Waals surface area contributed by atoms with E-state index in [9.17, 15) is 39.7 Å². The number of alkyl halides is 5. The van der Waals surface area contributed by atoms with Gasteiger partial charge in [-0.2, -0.15) is 22.0 Å². The predicted molar refractivity (Wildman–Crippen MR) is 164 cm³/mol. The summed E-state index contributed by atoms with van der Waals surface area (Å²) in [5, 5.41) is -5.80. The number of halogens is 5. The SMILES string of the molecule is CCC1CC2CC(C(=O)OC(C(F)(F)F)C(F)(F)S(=O)(=O)[O-])CC(C)(C1)C2.c1ccc([S+](c2ccccc2)c2ccccc2)cc1. The molecule has 5 nitrogen and oxygen atoms in total. The van der Waals surface area contributed by atoms with Gasteiger partial charge in [-0.1, -0.05) is 74.9 Å². The lowest BCUT2D eigenvalue weighted by Gasteiger charge is -2.48. The van der Waals surface area contributed by atoms with Gasteiger partial charge in [-0.25, -0.2) is 8.42 Å². The highest BCUT2D eigenvalue weighted by atomic mass is 32.2. The standard InChI is InChI=1S/C18H15S.C16H23F5O5S/c1-4-10-16(11-5-1)19(17-12-6-2-7-13-17)18-14-8-3-9-15-18;1-3-9-4-10-5-11(8-14(2,6-9)7-10)12(22)26-13(15(17,18)19)16(20,21)27(23,24)25/h1-15H;9-11,13H,3-8H2,1-2H3,(H,23,24,25)/q+1;/p-1. The van der Waals surface area contributed by atoms with Crippen molar-refractivity contribution in [1.29, 1.82) is 0 Å². The number of esters is 1. The summed E-state index contributed by atoms with van der Waals surface area (Å²) in [4.78, 5) is 16.3. The molecule has 5 rings (SSSR count). The normalized spacial score (nSPS) is 24.0. The molecule has 5 atom stereocenters. The lowest BCUT2D eigenvalue weighted by atomic mass is 9.57. The first-order chi connectivity index (χ1) is 21.5. The summed E-state index contributed by atoms with van der Waals surface area (Å²) in [7, 11) is -6.69. The number of hydrogen-bond donors (Lipinski definition) is 0. The maximum absolute atomic E-state index is 13.5. The fraction of sp³-hybridized carbons (Fsp3) is 0.441. The van der Waals surface area contributed by atoms with Crippen LogP contribution in [0, 0.1) is 23.2 Å². The van der Waals surface area contributed by atoms with Crippen molar-refractivity contribution < 1.29 is 44.5 Å². The molecule has 250 valence electrons. The van der Waals surface area contributed by atoms with Gasteiger partial charge < -0.3 is 9.29 Å². The Bertz CT molecular complexity index is 1440.